The van der Waals surface area contributed by atoms with E-state index in [0.29, 0.717) is 27.3 Å². The van der Waals surface area contributed by atoms with E-state index < -0.39 is 5.82 Å². The molecule has 144 valence electrons. The van der Waals surface area contributed by atoms with Gasteiger partial charge in [0.1, 0.15) is 10.8 Å². The number of benzene rings is 2. The summed E-state index contributed by atoms with van der Waals surface area (Å²) in [5.74, 6) is -0.895. The van der Waals surface area contributed by atoms with E-state index in [1.54, 1.807) is 30.3 Å². The van der Waals surface area contributed by atoms with Gasteiger partial charge in [-0.1, -0.05) is 18.2 Å². The van der Waals surface area contributed by atoms with Crippen molar-refractivity contribution in [1.29, 1.82) is 0 Å². The number of anilines is 1. The molecular formula is C20H19FN4O2S. The zero-order chi connectivity index (χ0) is 19.7. The first-order valence-electron chi connectivity index (χ1n) is 8.99. The first-order chi connectivity index (χ1) is 13.5. The van der Waals surface area contributed by atoms with Gasteiger partial charge in [-0.3, -0.25) is 9.59 Å². The Kier molecular flexibility index (Phi) is 4.95. The number of nitrogen functional groups attached to an aromatic ring is 1. The highest BCUT2D eigenvalue weighted by atomic mass is 32.1. The quantitative estimate of drug-likeness (QED) is 0.556. The first kappa shape index (κ1) is 18.4. The molecule has 0 saturated heterocycles. The third-order valence-electron chi connectivity index (χ3n) is 4.47. The maximum atomic E-state index is 14.6. The fraction of sp³-hybridized carbons (Fsp3) is 0.250. The number of aromatic nitrogens is 1. The Morgan fingerprint density at radius 2 is 1.96 bits per heavy atom. The van der Waals surface area contributed by atoms with Gasteiger partial charge in [0.15, 0.2) is 0 Å². The van der Waals surface area contributed by atoms with Gasteiger partial charge in [0, 0.05) is 28.9 Å². The highest BCUT2D eigenvalue weighted by Gasteiger charge is 2.23. The van der Waals surface area contributed by atoms with Crippen molar-refractivity contribution < 1.29 is 14.0 Å². The van der Waals surface area contributed by atoms with Crippen LogP contribution in [0.4, 0.5) is 10.1 Å². The number of nitrogens with zero attached hydrogens (tertiary/aromatic N) is 1. The molecule has 1 aromatic heterocycles. The number of carbonyl (C=O) groups is 2. The van der Waals surface area contributed by atoms with Gasteiger partial charge in [-0.05, 0) is 25.0 Å². The minimum Gasteiger partial charge on any atom is -0.398 e. The lowest BCUT2D eigenvalue weighted by Gasteiger charge is -2.06. The molecule has 0 atom stereocenters. The van der Waals surface area contributed by atoms with Crippen LogP contribution in [0, 0.1) is 5.82 Å². The summed E-state index contributed by atoms with van der Waals surface area (Å²) in [7, 11) is 0. The molecule has 1 aliphatic carbocycles. The van der Waals surface area contributed by atoms with Crippen LogP contribution in [0.3, 0.4) is 0 Å². The Hall–Kier alpha value is -3.00. The topological polar surface area (TPSA) is 97.1 Å². The highest BCUT2D eigenvalue weighted by molar-refractivity contribution is 7.18. The molecule has 1 heterocycles. The number of hydrogen-bond donors (Lipinski definition) is 3. The molecule has 2 amide bonds. The molecule has 1 fully saturated rings. The smallest absolute Gasteiger partial charge is 0.239 e. The van der Waals surface area contributed by atoms with Gasteiger partial charge in [0.05, 0.1) is 23.2 Å². The van der Waals surface area contributed by atoms with Gasteiger partial charge in [-0.2, -0.15) is 0 Å². The average Bonchev–Trinajstić information content (AvgIpc) is 3.38. The number of amides is 2. The number of halogens is 1. The molecule has 0 bridgehead atoms. The lowest BCUT2D eigenvalue weighted by Crippen LogP contribution is -2.38. The van der Waals surface area contributed by atoms with Crippen molar-refractivity contribution >= 4 is 39.1 Å². The largest absolute Gasteiger partial charge is 0.398 e. The Morgan fingerprint density at radius 1 is 1.18 bits per heavy atom. The molecule has 0 aliphatic heterocycles. The van der Waals surface area contributed by atoms with Crippen molar-refractivity contribution in [3.8, 4) is 11.1 Å². The molecule has 6 nitrogen and oxygen atoms in total. The van der Waals surface area contributed by atoms with Gasteiger partial charge >= 0.3 is 0 Å². The van der Waals surface area contributed by atoms with Crippen molar-refractivity contribution in [2.45, 2.75) is 25.3 Å². The molecular weight excluding hydrogens is 379 g/mol. The SMILES string of the molecule is Nc1ccccc1-c1cc2sc(CC(=O)NCC(=O)NC3CC3)nc2cc1F. The van der Waals surface area contributed by atoms with E-state index in [1.165, 1.54) is 17.4 Å². The molecule has 0 spiro atoms. The number of carbonyl (C=O) groups excluding carboxylic acids is 2. The molecule has 4 rings (SSSR count). The number of fused-ring (bicyclic) bond motifs is 1. The van der Waals surface area contributed by atoms with E-state index in [0.717, 1.165) is 17.5 Å². The van der Waals surface area contributed by atoms with Crippen LogP contribution in [-0.4, -0.2) is 29.4 Å². The van der Waals surface area contributed by atoms with Crippen molar-refractivity contribution in [2.75, 3.05) is 12.3 Å². The Labute approximate surface area is 165 Å². The van der Waals surface area contributed by atoms with E-state index in [2.05, 4.69) is 15.6 Å². The van der Waals surface area contributed by atoms with Crippen LogP contribution in [0.25, 0.3) is 21.3 Å². The monoisotopic (exact) mass is 398 g/mol. The first-order valence-corrected chi connectivity index (χ1v) is 9.81. The molecule has 2 aromatic carbocycles. The van der Waals surface area contributed by atoms with Crippen LogP contribution in [-0.2, 0) is 16.0 Å². The fourth-order valence-corrected chi connectivity index (χ4v) is 3.89. The van der Waals surface area contributed by atoms with E-state index in [-0.39, 0.29) is 30.8 Å². The molecule has 4 N–H and O–H groups in total. The minimum absolute atomic E-state index is 0.0421. The van der Waals surface area contributed by atoms with Crippen molar-refractivity contribution in [3.63, 3.8) is 0 Å². The summed E-state index contributed by atoms with van der Waals surface area (Å²) in [6.07, 6.45) is 2.04. The van der Waals surface area contributed by atoms with Gasteiger partial charge in [0.2, 0.25) is 11.8 Å². The zero-order valence-corrected chi connectivity index (χ0v) is 15.8. The average molecular weight is 398 g/mol. The summed E-state index contributed by atoms with van der Waals surface area (Å²) in [4.78, 5) is 28.1. The Bertz CT molecular complexity index is 1060. The predicted molar refractivity (Wildman–Crippen MR) is 107 cm³/mol. The lowest BCUT2D eigenvalue weighted by molar-refractivity contribution is -0.125. The maximum Gasteiger partial charge on any atom is 0.239 e. The summed E-state index contributed by atoms with van der Waals surface area (Å²) in [5.41, 5.74) is 7.98. The molecule has 28 heavy (non-hydrogen) atoms. The number of thiazole rings is 1. The summed E-state index contributed by atoms with van der Waals surface area (Å²) >= 11 is 1.32. The van der Waals surface area contributed by atoms with Gasteiger partial charge in [-0.25, -0.2) is 9.37 Å². The molecule has 8 heteroatoms. The normalized spacial score (nSPS) is 13.5. The van der Waals surface area contributed by atoms with Crippen molar-refractivity contribution in [3.05, 3.63) is 47.2 Å². The molecule has 3 aromatic rings. The number of rotatable bonds is 6. The van der Waals surface area contributed by atoms with E-state index in [1.807, 2.05) is 0 Å². The van der Waals surface area contributed by atoms with Crippen molar-refractivity contribution in [1.82, 2.24) is 15.6 Å². The van der Waals surface area contributed by atoms with Gasteiger partial charge < -0.3 is 16.4 Å². The van der Waals surface area contributed by atoms with Gasteiger partial charge in [0.25, 0.3) is 0 Å². The second kappa shape index (κ2) is 7.55. The lowest BCUT2D eigenvalue weighted by atomic mass is 10.0. The second-order valence-electron chi connectivity index (χ2n) is 6.79. The number of nitrogens with one attached hydrogen (secondary N) is 2. The number of hydrogen-bond acceptors (Lipinski definition) is 5. The Balaban J connectivity index is 1.47. The molecule has 0 unspecified atom stereocenters. The third-order valence-corrected chi connectivity index (χ3v) is 5.49. The van der Waals surface area contributed by atoms with Crippen LogP contribution < -0.4 is 16.4 Å². The minimum atomic E-state index is -0.413. The highest BCUT2D eigenvalue weighted by Crippen LogP contribution is 2.33. The number of para-hydroxylation sites is 1. The van der Waals surface area contributed by atoms with Crippen LogP contribution in [0.1, 0.15) is 17.8 Å². The predicted octanol–water partition coefficient (Wildman–Crippen LogP) is 2.62. The summed E-state index contributed by atoms with van der Waals surface area (Å²) in [6.45, 7) is -0.0493. The van der Waals surface area contributed by atoms with E-state index >= 15 is 0 Å². The van der Waals surface area contributed by atoms with Crippen LogP contribution in [0.15, 0.2) is 36.4 Å². The van der Waals surface area contributed by atoms with E-state index in [4.69, 9.17) is 5.73 Å². The summed E-state index contributed by atoms with van der Waals surface area (Å²) < 4.78 is 15.3. The Morgan fingerprint density at radius 3 is 2.71 bits per heavy atom. The molecule has 1 aliphatic rings. The van der Waals surface area contributed by atoms with Crippen LogP contribution >= 0.6 is 11.3 Å². The van der Waals surface area contributed by atoms with Crippen LogP contribution in [0.5, 0.6) is 0 Å². The fourth-order valence-electron chi connectivity index (χ4n) is 2.91. The summed E-state index contributed by atoms with van der Waals surface area (Å²) in [5, 5.41) is 5.96. The zero-order valence-electron chi connectivity index (χ0n) is 15.0. The standard InChI is InChI=1S/C20H19FN4O2S/c21-14-8-16-17(7-13(14)12-3-1-2-4-15(12)22)28-20(25-16)9-18(26)23-10-19(27)24-11-5-6-11/h1-4,7-8,11H,5-6,9-10,22H2,(H,23,26)(H,24,27). The third kappa shape index (κ3) is 4.12. The van der Waals surface area contributed by atoms with E-state index in [9.17, 15) is 14.0 Å². The molecule has 1 saturated carbocycles. The van der Waals surface area contributed by atoms with Crippen LogP contribution in [0.2, 0.25) is 0 Å². The summed E-state index contributed by atoms with van der Waals surface area (Å²) in [6, 6.07) is 10.4. The van der Waals surface area contributed by atoms with Gasteiger partial charge in [-0.15, -0.1) is 11.3 Å². The number of nitrogens with two attached hydrogens (primary N) is 1. The second-order valence-corrected chi connectivity index (χ2v) is 7.91. The maximum absolute atomic E-state index is 14.6. The molecule has 0 radical (unpaired) electrons. The van der Waals surface area contributed by atoms with Crippen molar-refractivity contribution in [2.24, 2.45) is 0 Å².